The molecule has 32 valence electrons. The molecule has 5 heavy (non-hydrogen) atoms. The first-order chi connectivity index (χ1) is 0. The van der Waals surface area contributed by atoms with Crippen LogP contribution >= 0.6 is 0 Å². The van der Waals surface area contributed by atoms with Crippen molar-refractivity contribution in [1.82, 2.24) is 0 Å². The van der Waals surface area contributed by atoms with Crippen molar-refractivity contribution in [3.8, 4) is 0 Å². The fraction of sp³-hybridized carbons (Fsp3) is 0. The molecule has 0 aromatic rings. The lowest BCUT2D eigenvalue weighted by atomic mass is 10.8. The highest BCUT2D eigenvalue weighted by Gasteiger charge is 0.0844. The number of hydrogen-bond donors (Lipinski definition) is 0. The topological polar surface area (TPSA) is 0 Å². The normalized spacial score (nSPS) is 0. The summed E-state index contributed by atoms with van der Waals surface area (Å²) in [7, 11) is 0. The molecular weight excluding hydrogens is 71.3 g/mol. The summed E-state index contributed by atoms with van der Waals surface area (Å²) in [4.78, 5) is 0. The van der Waals surface area contributed by atoms with Crippen molar-refractivity contribution in [3.63, 3.8) is 0 Å². The second kappa shape index (κ2) is 238. The predicted octanol–water partition coefficient (Wildman–Crippen LogP) is -6.19. The zero-order chi connectivity index (χ0) is 0. The molecule has 0 saturated carbocycles. The zero-order valence-corrected chi connectivity index (χ0v) is 0. The fourth-order valence-corrected chi connectivity index (χ4v) is 0. The van der Waals surface area contributed by atoms with Crippen LogP contribution in [0.2, 0.25) is 0 Å². The van der Waals surface area contributed by atoms with Gasteiger partial charge in [0, 0.05) is 0 Å². The first-order valence-corrected chi connectivity index (χ1v) is 0. The van der Waals surface area contributed by atoms with Crippen molar-refractivity contribution in [3.05, 3.63) is 0 Å². The molecule has 0 unspecified atom stereocenters. The molecule has 0 fully saturated rings. The largest absolute Gasteiger partial charge is 0.0814 e. The minimum atomic E-state index is 0. The van der Waals surface area contributed by atoms with Crippen LogP contribution in [0.25, 0.3) is 0 Å². The molecule has 0 aromatic carbocycles. The summed E-state index contributed by atoms with van der Waals surface area (Å²) >= 11 is 0. The maximum atomic E-state index is 0. The van der Waals surface area contributed by atoms with E-state index in [1.165, 1.54) is 0 Å². The molecule has 0 aliphatic rings. The smallest absolute Gasteiger partial charge is 0.0149 e. The van der Waals surface area contributed by atoms with Crippen molar-refractivity contribution < 1.29 is 0 Å². The Balaban J connectivity index is 0. The van der Waals surface area contributed by atoms with E-state index in [0.29, 0.717) is 0 Å². The van der Waals surface area contributed by atoms with Crippen LogP contribution in [0.4, 0.5) is 0 Å². The van der Waals surface area contributed by atoms with Gasteiger partial charge in [-0.3, -0.25) is 0 Å². The molecule has 0 radical (unpaired) electrons. The molecule has 0 nitrogen and oxygen atoms in total. The quantitative estimate of drug-likeness (QED) is 0.258. The lowest BCUT2D eigenvalue weighted by molar-refractivity contribution is 5.75. The third-order valence-corrected chi connectivity index (χ3v) is 0. The van der Waals surface area contributed by atoms with Gasteiger partial charge in [-0.25, -0.2) is 0 Å². The minimum Gasteiger partial charge on any atom is -0.0149 e. The molecule has 5 heteroatoms. The maximum Gasteiger partial charge on any atom is 0.0814 e. The average Bonchev–Trinajstić information content (AvgIpc) is 0. The van der Waals surface area contributed by atoms with E-state index in [-0.39, 0.29) is 44.6 Å². The first kappa shape index (κ1) is 483. The Bertz CT molecular complexity index is 3.61. The van der Waals surface area contributed by atoms with Crippen LogP contribution in [0.3, 0.4) is 0 Å². The maximum absolute atomic E-state index is 0. The Labute approximate surface area is 45.4 Å². The van der Waals surface area contributed by atoms with Gasteiger partial charge in [0.1, 0.15) is 0 Å². The van der Waals surface area contributed by atoms with Crippen molar-refractivity contribution in [1.29, 1.82) is 0 Å². The van der Waals surface area contributed by atoms with Crippen molar-refractivity contribution in [2.45, 2.75) is 0 Å². The highest BCUT2D eigenvalue weighted by atomic mass is 28.1. The Morgan fingerprint density at radius 3 is 0.400 bits per heavy atom. The Morgan fingerprint density at radius 1 is 0.400 bits per heavy atom. The van der Waals surface area contributed by atoms with E-state index < -0.39 is 0 Å². The van der Waals surface area contributed by atoms with Gasteiger partial charge in [-0.05, 0) is 11.0 Å². The third kappa shape index (κ3) is 121. The predicted molar refractivity (Wildman–Crippen MR) is 51.1 cm³/mol. The standard InChI is InChI=1S/4BH3.H4Si/h4*1H3;1H4. The van der Waals surface area contributed by atoms with Gasteiger partial charge in [-0.2, -0.15) is 0 Å². The molecule has 0 amide bonds. The first-order valence-electron chi connectivity index (χ1n) is 0. The summed E-state index contributed by atoms with van der Waals surface area (Å²) in [6.45, 7) is 0. The van der Waals surface area contributed by atoms with Crippen molar-refractivity contribution in [2.24, 2.45) is 0 Å². The highest BCUT2D eigenvalue weighted by molar-refractivity contribution is 5.76. The van der Waals surface area contributed by atoms with Crippen LogP contribution in [0.15, 0.2) is 0 Å². The van der Waals surface area contributed by atoms with Gasteiger partial charge in [0.2, 0.25) is 0 Å². The summed E-state index contributed by atoms with van der Waals surface area (Å²) in [5.74, 6) is 0. The second-order valence-electron chi connectivity index (χ2n) is 0. The van der Waals surface area contributed by atoms with Crippen molar-refractivity contribution in [2.75, 3.05) is 0 Å². The molecule has 0 aliphatic heterocycles. The van der Waals surface area contributed by atoms with Crippen LogP contribution in [0.5, 0.6) is 0 Å². The minimum absolute atomic E-state index is 0. The lowest BCUT2D eigenvalue weighted by Gasteiger charge is -0.0149. The van der Waals surface area contributed by atoms with E-state index in [1.807, 2.05) is 0 Å². The summed E-state index contributed by atoms with van der Waals surface area (Å²) in [6, 6.07) is 0. The van der Waals surface area contributed by atoms with Gasteiger partial charge < -0.3 is 0 Å². The molecule has 0 heterocycles. The van der Waals surface area contributed by atoms with E-state index in [2.05, 4.69) is 0 Å². The fourth-order valence-electron chi connectivity index (χ4n) is 0. The zero-order valence-electron chi connectivity index (χ0n) is 0. The second-order valence-corrected chi connectivity index (χ2v) is 0. The van der Waals surface area contributed by atoms with Gasteiger partial charge in [0.15, 0.2) is 0 Å². The third-order valence-electron chi connectivity index (χ3n) is 0. The van der Waals surface area contributed by atoms with Crippen LogP contribution in [-0.2, 0) is 0 Å². The molecule has 0 saturated heterocycles. The molecule has 0 bridgehead atoms. The van der Waals surface area contributed by atoms with Gasteiger partial charge in [0.25, 0.3) is 0 Å². The molecule has 0 spiro atoms. The van der Waals surface area contributed by atoms with Crippen LogP contribution in [0, 0.1) is 0 Å². The van der Waals surface area contributed by atoms with Crippen molar-refractivity contribution >= 4 is 44.6 Å². The number of hydrogen-bond acceptors (Lipinski definition) is 0. The molecular formula is H16B4Si. The molecule has 0 rings (SSSR count). The average molecular weight is 87.5 g/mol. The van der Waals surface area contributed by atoms with Gasteiger partial charge in [0.05, 0.1) is 33.7 Å². The Hall–Kier alpha value is 0.477. The summed E-state index contributed by atoms with van der Waals surface area (Å²) in [5, 5.41) is 0. The van der Waals surface area contributed by atoms with E-state index in [1.54, 1.807) is 0 Å². The van der Waals surface area contributed by atoms with E-state index >= 15 is 0 Å². The molecule has 0 aliphatic carbocycles. The summed E-state index contributed by atoms with van der Waals surface area (Å²) in [6.07, 6.45) is 0. The molecule has 0 atom stereocenters. The molecule has 0 N–H and O–H groups in total. The number of rotatable bonds is 0. The molecule has 0 aromatic heterocycles. The van der Waals surface area contributed by atoms with Crippen LogP contribution in [-0.4, -0.2) is 44.6 Å². The summed E-state index contributed by atoms with van der Waals surface area (Å²) < 4.78 is 0. The lowest BCUT2D eigenvalue weighted by Crippen LogP contribution is -0.382. The summed E-state index contributed by atoms with van der Waals surface area (Å²) in [5.41, 5.74) is 0. The monoisotopic (exact) mass is 88.1 g/mol. The van der Waals surface area contributed by atoms with Gasteiger partial charge in [-0.15, -0.1) is 0 Å². The van der Waals surface area contributed by atoms with E-state index in [9.17, 15) is 0 Å². The van der Waals surface area contributed by atoms with Gasteiger partial charge >= 0.3 is 0 Å². The van der Waals surface area contributed by atoms with Crippen LogP contribution < -0.4 is 0 Å². The van der Waals surface area contributed by atoms with Gasteiger partial charge in [-0.1, -0.05) is 0 Å². The Kier molecular flexibility index (Phi) is 23000. The van der Waals surface area contributed by atoms with E-state index in [4.69, 9.17) is 0 Å². The Morgan fingerprint density at radius 2 is 0.400 bits per heavy atom. The van der Waals surface area contributed by atoms with Crippen LogP contribution in [0.1, 0.15) is 0 Å². The highest BCUT2D eigenvalue weighted by Crippen LogP contribution is -0.377. The van der Waals surface area contributed by atoms with E-state index in [0.717, 1.165) is 0 Å². The SMILES string of the molecule is B.B.B.B.[SiH4].